The van der Waals surface area contributed by atoms with Crippen LogP contribution in [0.5, 0.6) is 0 Å². The van der Waals surface area contributed by atoms with E-state index in [2.05, 4.69) is 10.0 Å². The van der Waals surface area contributed by atoms with Crippen molar-refractivity contribution in [3.63, 3.8) is 0 Å². The fourth-order valence-electron chi connectivity index (χ4n) is 2.15. The lowest BCUT2D eigenvalue weighted by Gasteiger charge is -2.22. The van der Waals surface area contributed by atoms with E-state index in [9.17, 15) is 4.79 Å². The molecule has 0 N–H and O–H groups in total. The zero-order chi connectivity index (χ0) is 13.7. The van der Waals surface area contributed by atoms with Crippen molar-refractivity contribution in [2.75, 3.05) is 12.8 Å². The molecule has 19 heavy (non-hydrogen) atoms. The highest BCUT2D eigenvalue weighted by atomic mass is 32.2. The Labute approximate surface area is 115 Å². The van der Waals surface area contributed by atoms with Crippen molar-refractivity contribution < 1.29 is 9.53 Å². The van der Waals surface area contributed by atoms with Crippen LogP contribution in [0.15, 0.2) is 35.4 Å². The molecule has 0 spiro atoms. The molecule has 100 valence electrons. The van der Waals surface area contributed by atoms with Crippen LogP contribution in [0.3, 0.4) is 0 Å². The molecule has 6 nitrogen and oxygen atoms in total. The van der Waals surface area contributed by atoms with Crippen LogP contribution in [-0.4, -0.2) is 29.3 Å². The van der Waals surface area contributed by atoms with Gasteiger partial charge >= 0.3 is 6.09 Å². The molecule has 2 atom stereocenters. The Hall–Kier alpha value is -1.85. The predicted molar refractivity (Wildman–Crippen MR) is 73.4 cm³/mol. The van der Waals surface area contributed by atoms with Crippen molar-refractivity contribution in [2.24, 2.45) is 5.11 Å². The maximum Gasteiger partial charge on any atom is 0.420 e. The van der Waals surface area contributed by atoms with Crippen LogP contribution in [0.1, 0.15) is 18.0 Å². The van der Waals surface area contributed by atoms with Crippen LogP contribution in [-0.2, 0) is 4.74 Å². The van der Waals surface area contributed by atoms with Gasteiger partial charge < -0.3 is 4.74 Å². The molecule has 0 aliphatic carbocycles. The van der Waals surface area contributed by atoms with Crippen molar-refractivity contribution in [2.45, 2.75) is 18.6 Å². The van der Waals surface area contributed by atoms with Gasteiger partial charge in [0.2, 0.25) is 0 Å². The van der Waals surface area contributed by atoms with Crippen molar-refractivity contribution in [3.8, 4) is 0 Å². The fraction of sp³-hybridized carbons (Fsp3) is 0.417. The fourth-order valence-corrected chi connectivity index (χ4v) is 2.82. The molecular formula is C12H14N4O2S. The van der Waals surface area contributed by atoms with Crippen LogP contribution in [0.2, 0.25) is 0 Å². The summed E-state index contributed by atoms with van der Waals surface area (Å²) in [5.74, 6) is 0. The molecule has 0 bridgehead atoms. The van der Waals surface area contributed by atoms with E-state index < -0.39 is 0 Å². The normalized spacial score (nSPS) is 21.9. The standard InChI is InChI=1S/C12H14N4O2S/c1-19-16-11(9-5-3-2-4-6-9)10(18-12(16)17)7-8-14-15-13/h2-6,10-11H,7-8H2,1H3/t10-,11-/m0/s1. The molecule has 1 aliphatic rings. The first kappa shape index (κ1) is 13.6. The summed E-state index contributed by atoms with van der Waals surface area (Å²) in [6.45, 7) is 0.319. The van der Waals surface area contributed by atoms with E-state index in [0.717, 1.165) is 5.56 Å². The maximum absolute atomic E-state index is 11.8. The monoisotopic (exact) mass is 278 g/mol. The SMILES string of the molecule is CSN1C(=O)O[C@@H](CCN=[N+]=[N-])[C@@H]1c1ccccc1. The summed E-state index contributed by atoms with van der Waals surface area (Å²) in [6.07, 6.45) is 1.74. The number of carbonyl (C=O) groups is 1. The second-order valence-corrected chi connectivity index (χ2v) is 4.79. The zero-order valence-electron chi connectivity index (χ0n) is 10.5. The summed E-state index contributed by atoms with van der Waals surface area (Å²) in [7, 11) is 0. The summed E-state index contributed by atoms with van der Waals surface area (Å²) < 4.78 is 6.98. The molecule has 0 saturated carbocycles. The number of hydrogen-bond acceptors (Lipinski definition) is 4. The number of nitrogens with zero attached hydrogens (tertiary/aromatic N) is 4. The van der Waals surface area contributed by atoms with Crippen LogP contribution < -0.4 is 0 Å². The smallest absolute Gasteiger partial charge is 0.420 e. The van der Waals surface area contributed by atoms with E-state index in [-0.39, 0.29) is 18.2 Å². The molecule has 7 heteroatoms. The highest BCUT2D eigenvalue weighted by molar-refractivity contribution is 7.96. The van der Waals surface area contributed by atoms with E-state index in [0.29, 0.717) is 13.0 Å². The summed E-state index contributed by atoms with van der Waals surface area (Å²) in [4.78, 5) is 14.5. The van der Waals surface area contributed by atoms with Crippen molar-refractivity contribution in [3.05, 3.63) is 46.3 Å². The number of amides is 1. The second-order valence-electron chi connectivity index (χ2n) is 4.03. The number of hydrogen-bond donors (Lipinski definition) is 0. The lowest BCUT2D eigenvalue weighted by Crippen LogP contribution is -2.23. The van der Waals surface area contributed by atoms with Crippen molar-refractivity contribution >= 4 is 18.0 Å². The topological polar surface area (TPSA) is 78.3 Å². The first-order valence-corrected chi connectivity index (χ1v) is 7.06. The largest absolute Gasteiger partial charge is 0.443 e. The zero-order valence-corrected chi connectivity index (χ0v) is 11.3. The number of rotatable bonds is 5. The molecule has 0 unspecified atom stereocenters. The van der Waals surface area contributed by atoms with Gasteiger partial charge in [-0.1, -0.05) is 35.4 Å². The Kier molecular flexibility index (Phi) is 4.54. The van der Waals surface area contributed by atoms with Gasteiger partial charge in [0, 0.05) is 17.7 Å². The summed E-state index contributed by atoms with van der Waals surface area (Å²) >= 11 is 1.34. The minimum atomic E-state index is -0.340. The molecule has 1 aliphatic heterocycles. The van der Waals surface area contributed by atoms with Gasteiger partial charge in [0.1, 0.15) is 12.1 Å². The highest BCUT2D eigenvalue weighted by Gasteiger charge is 2.42. The predicted octanol–water partition coefficient (Wildman–Crippen LogP) is 3.53. The van der Waals surface area contributed by atoms with Gasteiger partial charge in [-0.05, 0) is 29.5 Å². The van der Waals surface area contributed by atoms with Crippen LogP contribution in [0.4, 0.5) is 4.79 Å². The first-order chi connectivity index (χ1) is 9.27. The van der Waals surface area contributed by atoms with Gasteiger partial charge in [0.15, 0.2) is 0 Å². The third-order valence-corrected chi connectivity index (χ3v) is 3.72. The van der Waals surface area contributed by atoms with Crippen LogP contribution >= 0.6 is 11.9 Å². The van der Waals surface area contributed by atoms with Gasteiger partial charge in [0.25, 0.3) is 0 Å². The average Bonchev–Trinajstić information content (AvgIpc) is 2.76. The molecule has 2 rings (SSSR count). The summed E-state index contributed by atoms with van der Waals surface area (Å²) in [5, 5.41) is 3.50. The lowest BCUT2D eigenvalue weighted by molar-refractivity contribution is 0.127. The number of benzene rings is 1. The third-order valence-electron chi connectivity index (χ3n) is 2.95. The number of carbonyl (C=O) groups excluding carboxylic acids is 1. The van der Waals surface area contributed by atoms with Gasteiger partial charge in [-0.15, -0.1) is 0 Å². The second kappa shape index (κ2) is 6.36. The molecule has 1 saturated heterocycles. The summed E-state index contributed by atoms with van der Waals surface area (Å²) in [6, 6.07) is 9.59. The van der Waals surface area contributed by atoms with E-state index in [1.165, 1.54) is 11.9 Å². The third kappa shape index (κ3) is 2.94. The van der Waals surface area contributed by atoms with E-state index in [1.807, 2.05) is 36.6 Å². The van der Waals surface area contributed by atoms with Gasteiger partial charge in [-0.2, -0.15) is 0 Å². The maximum atomic E-state index is 11.8. The Balaban J connectivity index is 2.21. The molecular weight excluding hydrogens is 264 g/mol. The van der Waals surface area contributed by atoms with Crippen LogP contribution in [0.25, 0.3) is 10.4 Å². The number of azide groups is 1. The molecule has 0 aromatic heterocycles. The van der Waals surface area contributed by atoms with Gasteiger partial charge in [-0.3, -0.25) is 0 Å². The van der Waals surface area contributed by atoms with Gasteiger partial charge in [0.05, 0.1) is 0 Å². The number of ether oxygens (including phenoxy) is 1. The molecule has 1 aromatic rings. The van der Waals surface area contributed by atoms with E-state index in [4.69, 9.17) is 10.3 Å². The molecule has 1 aromatic carbocycles. The minimum absolute atomic E-state index is 0.141. The Morgan fingerprint density at radius 3 is 2.84 bits per heavy atom. The lowest BCUT2D eigenvalue weighted by atomic mass is 10.0. The van der Waals surface area contributed by atoms with Crippen LogP contribution in [0, 0.1) is 0 Å². The van der Waals surface area contributed by atoms with E-state index in [1.54, 1.807) is 4.31 Å². The molecule has 1 heterocycles. The molecule has 0 radical (unpaired) electrons. The van der Waals surface area contributed by atoms with Crippen molar-refractivity contribution in [1.29, 1.82) is 0 Å². The quantitative estimate of drug-likeness (QED) is 0.358. The Morgan fingerprint density at radius 2 is 2.21 bits per heavy atom. The van der Waals surface area contributed by atoms with Crippen molar-refractivity contribution in [1.82, 2.24) is 4.31 Å². The average molecular weight is 278 g/mol. The first-order valence-electron chi connectivity index (χ1n) is 5.87. The Morgan fingerprint density at radius 1 is 1.47 bits per heavy atom. The van der Waals surface area contributed by atoms with Gasteiger partial charge in [-0.25, -0.2) is 9.10 Å². The van der Waals surface area contributed by atoms with E-state index >= 15 is 0 Å². The minimum Gasteiger partial charge on any atom is -0.443 e. The number of cyclic esters (lactones) is 1. The summed E-state index contributed by atoms with van der Waals surface area (Å²) in [5.41, 5.74) is 9.33. The molecule has 1 amide bonds. The molecule has 1 fully saturated rings. The Bertz CT molecular complexity index is 490. The highest BCUT2D eigenvalue weighted by Crippen LogP contribution is 2.38.